The van der Waals surface area contributed by atoms with Crippen LogP contribution in [0.3, 0.4) is 0 Å². The van der Waals surface area contributed by atoms with E-state index in [-0.39, 0.29) is 16.7 Å². The molecule has 11 heteroatoms. The molecule has 10 nitrogen and oxygen atoms in total. The summed E-state index contributed by atoms with van der Waals surface area (Å²) in [6.45, 7) is 0.956. The largest absolute Gasteiger partial charge is 0.496 e. The summed E-state index contributed by atoms with van der Waals surface area (Å²) in [6.07, 6.45) is 0.940. The van der Waals surface area contributed by atoms with Gasteiger partial charge in [-0.1, -0.05) is 18.2 Å². The molecule has 0 unspecified atom stereocenters. The van der Waals surface area contributed by atoms with Gasteiger partial charge in [-0.2, -0.15) is 9.52 Å². The van der Waals surface area contributed by atoms with Crippen molar-refractivity contribution in [2.45, 2.75) is 24.3 Å². The number of amides is 1. The van der Waals surface area contributed by atoms with Crippen molar-refractivity contribution >= 4 is 15.9 Å². The van der Waals surface area contributed by atoms with E-state index in [1.54, 1.807) is 19.2 Å². The number of methoxy groups -OCH3 is 1. The second-order valence-electron chi connectivity index (χ2n) is 7.47. The molecule has 1 saturated heterocycles. The van der Waals surface area contributed by atoms with Gasteiger partial charge in [0.15, 0.2) is 0 Å². The van der Waals surface area contributed by atoms with Gasteiger partial charge in [-0.25, -0.2) is 8.42 Å². The van der Waals surface area contributed by atoms with Gasteiger partial charge < -0.3 is 10.1 Å². The lowest BCUT2D eigenvalue weighted by Crippen LogP contribution is -2.42. The van der Waals surface area contributed by atoms with Crippen LogP contribution in [0.1, 0.15) is 18.4 Å². The number of carbonyl (C=O) groups is 1. The number of aromatic amines is 1. The molecule has 3 aromatic rings. The molecule has 0 saturated carbocycles. The van der Waals surface area contributed by atoms with Crippen molar-refractivity contribution in [1.29, 1.82) is 0 Å². The molecule has 1 aliphatic rings. The minimum Gasteiger partial charge on any atom is -0.496 e. The van der Waals surface area contributed by atoms with Crippen LogP contribution in [0, 0.1) is 5.92 Å². The fraction of sp³-hybridized carbons (Fsp3) is 0.333. The fourth-order valence-corrected chi connectivity index (χ4v) is 5.21. The number of H-pyrrole nitrogens is 1. The number of benzene rings is 2. The standard InChI is InChI=1S/C21H24N6O4S/c1-31-19-5-3-2-4-17(19)14-22-21(28)16-10-12-27(13-11-16)32(29,30)18-8-6-15(7-9-18)20-23-25-26-24-20/h2-9,16H,10-14H2,1H3,(H,22,28)(H,23,24,25,26). The molecule has 1 aliphatic heterocycles. The molecule has 2 aromatic carbocycles. The molecule has 0 spiro atoms. The summed E-state index contributed by atoms with van der Waals surface area (Å²) in [7, 11) is -2.05. The number of piperidine rings is 1. The van der Waals surface area contributed by atoms with Crippen molar-refractivity contribution in [3.63, 3.8) is 0 Å². The Hall–Kier alpha value is -3.31. The topological polar surface area (TPSA) is 130 Å². The number of sulfonamides is 1. The van der Waals surface area contributed by atoms with Gasteiger partial charge in [0.25, 0.3) is 0 Å². The van der Waals surface area contributed by atoms with Crippen LogP contribution in [-0.2, 0) is 21.4 Å². The van der Waals surface area contributed by atoms with Crippen LogP contribution >= 0.6 is 0 Å². The Morgan fingerprint density at radius 2 is 1.88 bits per heavy atom. The molecule has 32 heavy (non-hydrogen) atoms. The summed E-state index contributed by atoms with van der Waals surface area (Å²) in [5, 5.41) is 16.6. The minimum atomic E-state index is -3.64. The van der Waals surface area contributed by atoms with Gasteiger partial charge in [0, 0.05) is 36.7 Å². The Kier molecular flexibility index (Phi) is 6.47. The third-order valence-corrected chi connectivity index (χ3v) is 7.48. The van der Waals surface area contributed by atoms with Gasteiger partial charge in [0.2, 0.25) is 21.8 Å². The maximum atomic E-state index is 13.0. The predicted octanol–water partition coefficient (Wildman–Crippen LogP) is 1.59. The normalized spacial score (nSPS) is 15.4. The quantitative estimate of drug-likeness (QED) is 0.552. The summed E-state index contributed by atoms with van der Waals surface area (Å²) >= 11 is 0. The first-order chi connectivity index (χ1) is 15.5. The van der Waals surface area contributed by atoms with Gasteiger partial charge in [-0.15, -0.1) is 10.2 Å². The molecule has 0 aliphatic carbocycles. The van der Waals surface area contributed by atoms with Gasteiger partial charge in [0.05, 0.1) is 12.0 Å². The number of nitrogens with one attached hydrogen (secondary N) is 2. The zero-order valence-corrected chi connectivity index (χ0v) is 18.4. The fourth-order valence-electron chi connectivity index (χ4n) is 3.74. The average Bonchev–Trinajstić information content (AvgIpc) is 3.38. The lowest BCUT2D eigenvalue weighted by molar-refractivity contribution is -0.126. The predicted molar refractivity (Wildman–Crippen MR) is 116 cm³/mol. The van der Waals surface area contributed by atoms with Crippen LogP contribution in [-0.4, -0.2) is 59.5 Å². The number of nitrogens with zero attached hydrogens (tertiary/aromatic N) is 4. The van der Waals surface area contributed by atoms with Crippen molar-refractivity contribution in [2.75, 3.05) is 20.2 Å². The van der Waals surface area contributed by atoms with Crippen LogP contribution in [0.15, 0.2) is 53.4 Å². The van der Waals surface area contributed by atoms with Crippen LogP contribution in [0.5, 0.6) is 5.75 Å². The van der Waals surface area contributed by atoms with Gasteiger partial charge >= 0.3 is 0 Å². The molecule has 0 bridgehead atoms. The third-order valence-electron chi connectivity index (χ3n) is 5.57. The van der Waals surface area contributed by atoms with Crippen LogP contribution in [0.4, 0.5) is 0 Å². The number of tetrazole rings is 1. The van der Waals surface area contributed by atoms with Crippen molar-refractivity contribution < 1.29 is 17.9 Å². The second kappa shape index (κ2) is 9.45. The zero-order valence-electron chi connectivity index (χ0n) is 17.6. The molecule has 1 fully saturated rings. The number of hydrogen-bond donors (Lipinski definition) is 2. The summed E-state index contributed by atoms with van der Waals surface area (Å²) in [4.78, 5) is 12.8. The summed E-state index contributed by atoms with van der Waals surface area (Å²) in [5.41, 5.74) is 1.57. The molecule has 4 rings (SSSR count). The van der Waals surface area contributed by atoms with Crippen LogP contribution in [0.2, 0.25) is 0 Å². The molecule has 1 aromatic heterocycles. The van der Waals surface area contributed by atoms with Gasteiger partial charge in [-0.05, 0) is 48.4 Å². The lowest BCUT2D eigenvalue weighted by atomic mass is 9.97. The Morgan fingerprint density at radius 1 is 1.16 bits per heavy atom. The first-order valence-electron chi connectivity index (χ1n) is 10.2. The number of rotatable bonds is 7. The van der Waals surface area contributed by atoms with E-state index in [1.807, 2.05) is 24.3 Å². The number of para-hydroxylation sites is 1. The van der Waals surface area contributed by atoms with E-state index in [1.165, 1.54) is 16.4 Å². The molecular weight excluding hydrogens is 432 g/mol. The SMILES string of the molecule is COc1ccccc1CNC(=O)C1CCN(S(=O)(=O)c2ccc(-c3nn[nH]n3)cc2)CC1. The van der Waals surface area contributed by atoms with E-state index in [9.17, 15) is 13.2 Å². The molecule has 1 amide bonds. The number of ether oxygens (including phenoxy) is 1. The second-order valence-corrected chi connectivity index (χ2v) is 9.41. The third kappa shape index (κ3) is 4.63. The first kappa shape index (κ1) is 21.9. The van der Waals surface area contributed by atoms with E-state index in [0.29, 0.717) is 43.9 Å². The smallest absolute Gasteiger partial charge is 0.243 e. The number of aromatic nitrogens is 4. The van der Waals surface area contributed by atoms with Crippen molar-refractivity contribution in [3.05, 3.63) is 54.1 Å². The Balaban J connectivity index is 1.34. The highest BCUT2D eigenvalue weighted by molar-refractivity contribution is 7.89. The van der Waals surface area contributed by atoms with Crippen molar-refractivity contribution in [3.8, 4) is 17.1 Å². The van der Waals surface area contributed by atoms with Crippen LogP contribution in [0.25, 0.3) is 11.4 Å². The van der Waals surface area contributed by atoms with Crippen molar-refractivity contribution in [1.82, 2.24) is 30.2 Å². The van der Waals surface area contributed by atoms with Gasteiger partial charge in [-0.3, -0.25) is 4.79 Å². The molecule has 2 heterocycles. The highest BCUT2D eigenvalue weighted by atomic mass is 32.2. The Bertz CT molecular complexity index is 1160. The minimum absolute atomic E-state index is 0.0718. The zero-order chi connectivity index (χ0) is 22.6. The van der Waals surface area contributed by atoms with E-state index in [0.717, 1.165) is 11.3 Å². The van der Waals surface area contributed by atoms with Crippen molar-refractivity contribution in [2.24, 2.45) is 5.92 Å². The van der Waals surface area contributed by atoms with E-state index >= 15 is 0 Å². The van der Waals surface area contributed by atoms with Gasteiger partial charge in [0.1, 0.15) is 5.75 Å². The maximum absolute atomic E-state index is 13.0. The Morgan fingerprint density at radius 3 is 2.53 bits per heavy atom. The summed E-state index contributed by atoms with van der Waals surface area (Å²) in [6, 6.07) is 13.9. The lowest BCUT2D eigenvalue weighted by Gasteiger charge is -2.30. The first-order valence-corrected chi connectivity index (χ1v) is 11.7. The monoisotopic (exact) mass is 456 g/mol. The van der Waals surface area contributed by atoms with E-state index < -0.39 is 10.0 Å². The average molecular weight is 457 g/mol. The highest BCUT2D eigenvalue weighted by Gasteiger charge is 2.32. The van der Waals surface area contributed by atoms with E-state index in [4.69, 9.17) is 4.74 Å². The molecule has 168 valence electrons. The molecule has 0 radical (unpaired) electrons. The van der Waals surface area contributed by atoms with E-state index in [2.05, 4.69) is 25.9 Å². The highest BCUT2D eigenvalue weighted by Crippen LogP contribution is 2.26. The molecular formula is C21H24N6O4S. The molecule has 2 N–H and O–H groups in total. The summed E-state index contributed by atoms with van der Waals surface area (Å²) < 4.78 is 32.7. The van der Waals surface area contributed by atoms with Crippen LogP contribution < -0.4 is 10.1 Å². The number of hydrogen-bond acceptors (Lipinski definition) is 7. The number of carbonyl (C=O) groups excluding carboxylic acids is 1. The maximum Gasteiger partial charge on any atom is 0.243 e. The molecule has 0 atom stereocenters. The Labute approximate surface area is 186 Å². The summed E-state index contributed by atoms with van der Waals surface area (Å²) in [5.74, 6) is 0.821.